The highest BCUT2D eigenvalue weighted by molar-refractivity contribution is 5.06. The number of nitrogens with zero attached hydrogens (tertiary/aromatic N) is 4. The van der Waals surface area contributed by atoms with Crippen molar-refractivity contribution < 1.29 is 0 Å². The van der Waals surface area contributed by atoms with Gasteiger partial charge in [0.1, 0.15) is 0 Å². The lowest BCUT2D eigenvalue weighted by Crippen LogP contribution is -2.55. The van der Waals surface area contributed by atoms with Crippen LogP contribution in [0.15, 0.2) is 48.8 Å². The Morgan fingerprint density at radius 2 is 1.27 bits per heavy atom. The zero-order valence-corrected chi connectivity index (χ0v) is 13.4. The minimum Gasteiger partial charge on any atom is -0.292 e. The molecule has 0 bridgehead atoms. The van der Waals surface area contributed by atoms with Crippen LogP contribution in [-0.2, 0) is 13.1 Å². The Hall–Kier alpha value is -1.78. The highest BCUT2D eigenvalue weighted by atomic mass is 15.3. The smallest absolute Gasteiger partial charge is 0.0544 e. The first-order valence-corrected chi connectivity index (χ1v) is 8.00. The van der Waals surface area contributed by atoms with Crippen molar-refractivity contribution in [3.8, 4) is 0 Å². The molecule has 2 aromatic heterocycles. The van der Waals surface area contributed by atoms with Crippen LogP contribution in [0.3, 0.4) is 0 Å². The highest BCUT2D eigenvalue weighted by Crippen LogP contribution is 2.19. The van der Waals surface area contributed by atoms with Crippen LogP contribution >= 0.6 is 0 Å². The second-order valence-electron chi connectivity index (χ2n) is 6.20. The average molecular weight is 296 g/mol. The minimum atomic E-state index is 0.530. The van der Waals surface area contributed by atoms with Gasteiger partial charge in [-0.15, -0.1) is 0 Å². The molecule has 2 atom stereocenters. The van der Waals surface area contributed by atoms with Crippen LogP contribution in [0.2, 0.25) is 0 Å². The lowest BCUT2D eigenvalue weighted by atomic mass is 10.1. The third kappa shape index (κ3) is 3.70. The molecule has 0 spiro atoms. The van der Waals surface area contributed by atoms with E-state index in [-0.39, 0.29) is 0 Å². The van der Waals surface area contributed by atoms with Crippen molar-refractivity contribution in [3.05, 3.63) is 60.2 Å². The Balaban J connectivity index is 1.61. The second-order valence-corrected chi connectivity index (χ2v) is 6.20. The Morgan fingerprint density at radius 1 is 0.818 bits per heavy atom. The molecule has 0 aromatic carbocycles. The average Bonchev–Trinajstić information content (AvgIpc) is 2.54. The molecule has 4 nitrogen and oxygen atoms in total. The monoisotopic (exact) mass is 296 g/mol. The molecule has 0 N–H and O–H groups in total. The second kappa shape index (κ2) is 6.99. The van der Waals surface area contributed by atoms with Crippen LogP contribution in [0.1, 0.15) is 25.2 Å². The van der Waals surface area contributed by atoms with Crippen LogP contribution in [0.25, 0.3) is 0 Å². The van der Waals surface area contributed by atoms with E-state index in [2.05, 4.69) is 57.9 Å². The van der Waals surface area contributed by atoms with Crippen molar-refractivity contribution in [2.45, 2.75) is 39.0 Å². The van der Waals surface area contributed by atoms with Crippen LogP contribution < -0.4 is 0 Å². The quantitative estimate of drug-likeness (QED) is 0.868. The molecule has 0 saturated carbocycles. The standard InChI is InChI=1S/C18H24N4/c1-15-11-22(14-18-8-4-6-10-20-18)16(2)12-21(15)13-17-7-3-5-9-19-17/h3-10,15-16H,11-14H2,1-2H3. The first kappa shape index (κ1) is 15.1. The summed E-state index contributed by atoms with van der Waals surface area (Å²) in [5, 5.41) is 0. The van der Waals surface area contributed by atoms with Crippen molar-refractivity contribution >= 4 is 0 Å². The molecule has 2 aromatic rings. The van der Waals surface area contributed by atoms with Crippen LogP contribution in [-0.4, -0.2) is 44.9 Å². The van der Waals surface area contributed by atoms with Crippen molar-refractivity contribution in [3.63, 3.8) is 0 Å². The molecule has 0 aliphatic carbocycles. The van der Waals surface area contributed by atoms with E-state index in [0.29, 0.717) is 12.1 Å². The fourth-order valence-electron chi connectivity index (χ4n) is 3.11. The zero-order valence-electron chi connectivity index (χ0n) is 13.4. The summed E-state index contributed by atoms with van der Waals surface area (Å²) >= 11 is 0. The summed E-state index contributed by atoms with van der Waals surface area (Å²) in [6, 6.07) is 13.3. The Bertz CT molecular complexity index is 519. The molecule has 3 rings (SSSR count). The summed E-state index contributed by atoms with van der Waals surface area (Å²) in [4.78, 5) is 14.0. The van der Waals surface area contributed by atoms with E-state index >= 15 is 0 Å². The number of hydrogen-bond donors (Lipinski definition) is 0. The van der Waals surface area contributed by atoms with Gasteiger partial charge in [0.2, 0.25) is 0 Å². The van der Waals surface area contributed by atoms with E-state index < -0.39 is 0 Å². The Morgan fingerprint density at radius 3 is 1.64 bits per heavy atom. The maximum absolute atomic E-state index is 4.45. The molecule has 116 valence electrons. The van der Waals surface area contributed by atoms with E-state index in [1.807, 2.05) is 24.5 Å². The van der Waals surface area contributed by atoms with Crippen LogP contribution in [0.5, 0.6) is 0 Å². The van der Waals surface area contributed by atoms with Gasteiger partial charge < -0.3 is 0 Å². The van der Waals surface area contributed by atoms with E-state index in [9.17, 15) is 0 Å². The Labute approximate surface area is 132 Å². The van der Waals surface area contributed by atoms with Gasteiger partial charge in [-0.25, -0.2) is 0 Å². The molecule has 22 heavy (non-hydrogen) atoms. The first-order chi connectivity index (χ1) is 10.7. The summed E-state index contributed by atoms with van der Waals surface area (Å²) < 4.78 is 0. The molecule has 4 heteroatoms. The SMILES string of the molecule is CC1CN(Cc2ccccn2)C(C)CN1Cc1ccccn1. The maximum Gasteiger partial charge on any atom is 0.0544 e. The molecule has 0 radical (unpaired) electrons. The predicted octanol–water partition coefficient (Wildman–Crippen LogP) is 2.57. The third-order valence-corrected chi connectivity index (χ3v) is 4.43. The van der Waals surface area contributed by atoms with Gasteiger partial charge >= 0.3 is 0 Å². The first-order valence-electron chi connectivity index (χ1n) is 8.00. The van der Waals surface area contributed by atoms with Crippen molar-refractivity contribution in [2.24, 2.45) is 0 Å². The van der Waals surface area contributed by atoms with Crippen LogP contribution in [0, 0.1) is 0 Å². The van der Waals surface area contributed by atoms with Gasteiger partial charge in [-0.2, -0.15) is 0 Å². The molecule has 2 unspecified atom stereocenters. The number of piperazine rings is 1. The fraction of sp³-hybridized carbons (Fsp3) is 0.444. The molecular weight excluding hydrogens is 272 g/mol. The van der Waals surface area contributed by atoms with E-state index in [1.165, 1.54) is 0 Å². The highest BCUT2D eigenvalue weighted by Gasteiger charge is 2.29. The summed E-state index contributed by atoms with van der Waals surface area (Å²) in [6.07, 6.45) is 3.75. The number of pyridine rings is 2. The van der Waals surface area contributed by atoms with Gasteiger partial charge in [-0.05, 0) is 38.1 Å². The lowest BCUT2D eigenvalue weighted by molar-refractivity contribution is 0.0314. The normalized spacial score (nSPS) is 23.5. The van der Waals surface area contributed by atoms with Gasteiger partial charge in [-0.1, -0.05) is 12.1 Å². The maximum atomic E-state index is 4.45. The number of rotatable bonds is 4. The summed E-state index contributed by atoms with van der Waals surface area (Å²) in [5.74, 6) is 0. The lowest BCUT2D eigenvalue weighted by Gasteiger charge is -2.44. The van der Waals surface area contributed by atoms with Crippen molar-refractivity contribution in [1.29, 1.82) is 0 Å². The molecule has 1 aliphatic rings. The largest absolute Gasteiger partial charge is 0.292 e. The van der Waals surface area contributed by atoms with E-state index in [1.54, 1.807) is 0 Å². The summed E-state index contributed by atoms with van der Waals surface area (Å²) in [6.45, 7) is 8.63. The molecule has 0 amide bonds. The van der Waals surface area contributed by atoms with E-state index in [0.717, 1.165) is 37.6 Å². The third-order valence-electron chi connectivity index (χ3n) is 4.43. The van der Waals surface area contributed by atoms with Crippen molar-refractivity contribution in [1.82, 2.24) is 19.8 Å². The predicted molar refractivity (Wildman–Crippen MR) is 88.2 cm³/mol. The number of hydrogen-bond acceptors (Lipinski definition) is 4. The van der Waals surface area contributed by atoms with Gasteiger partial charge in [0.05, 0.1) is 11.4 Å². The van der Waals surface area contributed by atoms with Crippen molar-refractivity contribution in [2.75, 3.05) is 13.1 Å². The molecule has 1 fully saturated rings. The summed E-state index contributed by atoms with van der Waals surface area (Å²) in [7, 11) is 0. The summed E-state index contributed by atoms with van der Waals surface area (Å²) in [5.41, 5.74) is 2.31. The fourth-order valence-corrected chi connectivity index (χ4v) is 3.11. The molecular formula is C18H24N4. The van der Waals surface area contributed by atoms with Gasteiger partial charge in [0.25, 0.3) is 0 Å². The minimum absolute atomic E-state index is 0.530. The molecule has 1 saturated heterocycles. The van der Waals surface area contributed by atoms with Gasteiger partial charge in [-0.3, -0.25) is 19.8 Å². The van der Waals surface area contributed by atoms with Crippen LogP contribution in [0.4, 0.5) is 0 Å². The zero-order chi connectivity index (χ0) is 15.4. The number of aromatic nitrogens is 2. The van der Waals surface area contributed by atoms with E-state index in [4.69, 9.17) is 0 Å². The molecule has 3 heterocycles. The molecule has 1 aliphatic heterocycles. The Kier molecular flexibility index (Phi) is 4.80. The van der Waals surface area contributed by atoms with Gasteiger partial charge in [0, 0.05) is 50.7 Å². The van der Waals surface area contributed by atoms with Gasteiger partial charge in [0.15, 0.2) is 0 Å². The topological polar surface area (TPSA) is 32.3 Å².